The number of likely N-dealkylation sites (N-methyl/N-ethyl adjacent to an activating group) is 1. The summed E-state index contributed by atoms with van der Waals surface area (Å²) in [5, 5.41) is 3.26. The van der Waals surface area contributed by atoms with E-state index in [2.05, 4.69) is 82.2 Å². The third-order valence-corrected chi connectivity index (χ3v) is 8.88. The van der Waals surface area contributed by atoms with Crippen molar-refractivity contribution in [3.63, 3.8) is 0 Å². The van der Waals surface area contributed by atoms with Crippen molar-refractivity contribution in [3.8, 4) is 0 Å². The summed E-state index contributed by atoms with van der Waals surface area (Å²) in [6.45, 7) is 15.1. The summed E-state index contributed by atoms with van der Waals surface area (Å²) in [4.78, 5) is 28.8. The summed E-state index contributed by atoms with van der Waals surface area (Å²) >= 11 is 0. The number of hydrogen-bond donors (Lipinski definition) is 1. The molecule has 3 rings (SSSR count). The molecule has 1 aliphatic rings. The number of amides is 1. The summed E-state index contributed by atoms with van der Waals surface area (Å²) < 4.78 is 0.800. The summed E-state index contributed by atoms with van der Waals surface area (Å²) in [5.74, 6) is 0.478. The van der Waals surface area contributed by atoms with E-state index in [4.69, 9.17) is 0 Å². The van der Waals surface area contributed by atoms with Gasteiger partial charge >= 0.3 is 0 Å². The molecule has 0 aliphatic carbocycles. The molecule has 40 heavy (non-hydrogen) atoms. The Morgan fingerprint density at radius 3 is 2.15 bits per heavy atom. The number of aryl methyl sites for hydroxylation is 4. The van der Waals surface area contributed by atoms with Gasteiger partial charge in [-0.25, -0.2) is 0 Å². The molecule has 5 nitrogen and oxygen atoms in total. The zero-order chi connectivity index (χ0) is 28.4. The maximum atomic E-state index is 13.4. The number of hydrogen-bond acceptors (Lipinski definition) is 3. The van der Waals surface area contributed by atoms with Crippen LogP contribution in [-0.2, 0) is 16.0 Å². The molecule has 1 N–H and O–H groups in total. The fraction of sp³-hybridized carbons (Fsp3) is 0.588. The first-order valence-corrected chi connectivity index (χ1v) is 15.1. The van der Waals surface area contributed by atoms with E-state index < -0.39 is 0 Å². The van der Waals surface area contributed by atoms with E-state index in [0.717, 1.165) is 79.6 Å². The Labute approximate surface area is 254 Å². The van der Waals surface area contributed by atoms with Gasteiger partial charge in [-0.3, -0.25) is 14.5 Å². The molecule has 0 bridgehead atoms. The van der Waals surface area contributed by atoms with Gasteiger partial charge in [-0.15, -0.1) is 0 Å². The van der Waals surface area contributed by atoms with E-state index in [-0.39, 0.29) is 28.9 Å². The van der Waals surface area contributed by atoms with Crippen LogP contribution in [0.15, 0.2) is 36.4 Å². The van der Waals surface area contributed by atoms with Gasteiger partial charge in [-0.2, -0.15) is 0 Å². The predicted octanol–water partition coefficient (Wildman–Crippen LogP) is 3.56. The molecular formula is C34H52BrN3O2. The molecule has 6 heteroatoms. The number of ketones is 1. The number of quaternary nitrogens is 1. The van der Waals surface area contributed by atoms with Crippen molar-refractivity contribution in [2.45, 2.75) is 92.0 Å². The first-order chi connectivity index (χ1) is 18.6. The maximum absolute atomic E-state index is 13.4. The Bertz CT molecular complexity index is 1080. The largest absolute Gasteiger partial charge is 1.00 e. The zero-order valence-corrected chi connectivity index (χ0v) is 27.4. The molecule has 2 atom stereocenters. The second-order valence-corrected chi connectivity index (χ2v) is 12.1. The number of rotatable bonds is 13. The van der Waals surface area contributed by atoms with Crippen LogP contribution in [0.25, 0.3) is 0 Å². The van der Waals surface area contributed by atoms with E-state index in [0.29, 0.717) is 18.7 Å². The van der Waals surface area contributed by atoms with Crippen molar-refractivity contribution in [1.82, 2.24) is 4.90 Å². The topological polar surface area (TPSA) is 49.4 Å². The molecule has 222 valence electrons. The molecule has 0 radical (unpaired) electrons. The van der Waals surface area contributed by atoms with Crippen molar-refractivity contribution < 1.29 is 31.1 Å². The van der Waals surface area contributed by atoms with Crippen LogP contribution in [0, 0.1) is 27.7 Å². The summed E-state index contributed by atoms with van der Waals surface area (Å²) in [6.07, 6.45) is 8.27. The van der Waals surface area contributed by atoms with Crippen LogP contribution >= 0.6 is 0 Å². The first-order valence-electron chi connectivity index (χ1n) is 15.1. The second-order valence-electron chi connectivity index (χ2n) is 12.1. The number of unbranched alkanes of at least 4 members (excludes halogenated alkanes) is 2. The average Bonchev–Trinajstić information content (AvgIpc) is 3.14. The molecule has 1 fully saturated rings. The monoisotopic (exact) mass is 613 g/mol. The SMILES string of the molecule is CC[N+](C)(CCCCCN1CCCCCC1C(=O)Nc1c(C)cccc1C)CC(=O)Cc1c(C)cccc1C.[Br-]. The van der Waals surface area contributed by atoms with Gasteiger partial charge in [0.05, 0.1) is 26.2 Å². The van der Waals surface area contributed by atoms with Crippen molar-refractivity contribution >= 4 is 17.4 Å². The van der Waals surface area contributed by atoms with Crippen LogP contribution in [0.2, 0.25) is 0 Å². The van der Waals surface area contributed by atoms with Gasteiger partial charge in [0.1, 0.15) is 6.54 Å². The minimum Gasteiger partial charge on any atom is -1.00 e. The Morgan fingerprint density at radius 1 is 0.900 bits per heavy atom. The lowest BCUT2D eigenvalue weighted by molar-refractivity contribution is -0.900. The Balaban J connectivity index is 0.00000560. The smallest absolute Gasteiger partial charge is 0.241 e. The third-order valence-electron chi connectivity index (χ3n) is 8.88. The van der Waals surface area contributed by atoms with Crippen LogP contribution in [0.3, 0.4) is 0 Å². The summed E-state index contributed by atoms with van der Waals surface area (Å²) in [5.41, 5.74) is 6.82. The highest BCUT2D eigenvalue weighted by molar-refractivity contribution is 5.96. The molecule has 0 spiro atoms. The van der Waals surface area contributed by atoms with Crippen molar-refractivity contribution in [2.75, 3.05) is 45.1 Å². The van der Waals surface area contributed by atoms with Crippen molar-refractivity contribution in [3.05, 3.63) is 64.2 Å². The highest BCUT2D eigenvalue weighted by Crippen LogP contribution is 2.23. The highest BCUT2D eigenvalue weighted by Gasteiger charge is 2.28. The highest BCUT2D eigenvalue weighted by atomic mass is 79.9. The molecule has 1 aliphatic heterocycles. The predicted molar refractivity (Wildman–Crippen MR) is 163 cm³/mol. The van der Waals surface area contributed by atoms with E-state index in [1.54, 1.807) is 0 Å². The number of Topliss-reactive ketones (excluding diaryl/α,β-unsaturated/α-hetero) is 1. The van der Waals surface area contributed by atoms with Gasteiger partial charge in [0, 0.05) is 12.1 Å². The van der Waals surface area contributed by atoms with Crippen LogP contribution < -0.4 is 22.3 Å². The standard InChI is InChI=1S/C34H51N3O2.BrH/c1-7-37(6,25-30(38)24-31-26(2)16-14-17-27(31)3)23-13-9-12-22-36-21-11-8-10-20-32(36)34(39)35-33-28(4)18-15-19-29(33)5;/h14-19,32H,7-13,20-25H2,1-6H3;1H. The van der Waals surface area contributed by atoms with Gasteiger partial charge in [-0.05, 0) is 108 Å². The number of anilines is 1. The number of likely N-dealkylation sites (tertiary alicyclic amines) is 1. The fourth-order valence-electron chi connectivity index (χ4n) is 6.09. The molecular weight excluding hydrogens is 562 g/mol. The Hall–Kier alpha value is -2.02. The maximum Gasteiger partial charge on any atom is 0.241 e. The minimum atomic E-state index is -0.0503. The number of carbonyl (C=O) groups excluding carboxylic acids is 2. The second kappa shape index (κ2) is 16.4. The molecule has 1 heterocycles. The number of nitrogens with zero attached hydrogens (tertiary/aromatic N) is 2. The molecule has 2 aromatic carbocycles. The van der Waals surface area contributed by atoms with Crippen LogP contribution in [0.1, 0.15) is 79.7 Å². The van der Waals surface area contributed by atoms with Crippen LogP contribution in [-0.4, -0.2) is 66.9 Å². The van der Waals surface area contributed by atoms with Gasteiger partial charge in [-0.1, -0.05) is 49.2 Å². The lowest BCUT2D eigenvalue weighted by Crippen LogP contribution is -3.00. The Morgan fingerprint density at radius 2 is 1.52 bits per heavy atom. The summed E-state index contributed by atoms with van der Waals surface area (Å²) in [6, 6.07) is 12.4. The lowest BCUT2D eigenvalue weighted by Gasteiger charge is -2.33. The minimum absolute atomic E-state index is 0. The first kappa shape index (κ1) is 34.2. The molecule has 0 aromatic heterocycles. The van der Waals surface area contributed by atoms with E-state index >= 15 is 0 Å². The van der Waals surface area contributed by atoms with E-state index in [1.165, 1.54) is 29.5 Å². The van der Waals surface area contributed by atoms with Crippen molar-refractivity contribution in [2.24, 2.45) is 0 Å². The molecule has 1 amide bonds. The van der Waals surface area contributed by atoms with Crippen LogP contribution in [0.5, 0.6) is 0 Å². The van der Waals surface area contributed by atoms with Gasteiger partial charge in [0.15, 0.2) is 5.78 Å². The summed E-state index contributed by atoms with van der Waals surface area (Å²) in [7, 11) is 2.23. The molecule has 2 aromatic rings. The van der Waals surface area contributed by atoms with Gasteiger partial charge in [0.2, 0.25) is 5.91 Å². The van der Waals surface area contributed by atoms with E-state index in [9.17, 15) is 9.59 Å². The van der Waals surface area contributed by atoms with Crippen molar-refractivity contribution in [1.29, 1.82) is 0 Å². The number of benzene rings is 2. The fourth-order valence-corrected chi connectivity index (χ4v) is 6.09. The number of para-hydroxylation sites is 1. The van der Waals surface area contributed by atoms with Gasteiger partial charge in [0.25, 0.3) is 0 Å². The Kier molecular flexibility index (Phi) is 14.0. The number of carbonyl (C=O) groups is 2. The number of nitrogens with one attached hydrogen (secondary N) is 1. The molecule has 1 saturated heterocycles. The average molecular weight is 615 g/mol. The third kappa shape index (κ3) is 9.81. The quantitative estimate of drug-likeness (QED) is 0.278. The van der Waals surface area contributed by atoms with Crippen LogP contribution in [0.4, 0.5) is 5.69 Å². The lowest BCUT2D eigenvalue weighted by atomic mass is 9.98. The van der Waals surface area contributed by atoms with E-state index in [1.807, 2.05) is 6.07 Å². The van der Waals surface area contributed by atoms with Gasteiger partial charge < -0.3 is 26.8 Å². The number of halogens is 1. The molecule has 2 unspecified atom stereocenters. The zero-order valence-electron chi connectivity index (χ0n) is 25.8. The normalized spacial score (nSPS) is 17.4. The molecule has 0 saturated carbocycles.